The van der Waals surface area contributed by atoms with Crippen LogP contribution in [-0.2, 0) is 11.2 Å². The molecule has 1 aromatic carbocycles. The van der Waals surface area contributed by atoms with Crippen molar-refractivity contribution in [2.24, 2.45) is 0 Å². The number of ketones is 1. The quantitative estimate of drug-likeness (QED) is 0.802. The van der Waals surface area contributed by atoms with Gasteiger partial charge in [-0.25, -0.2) is 4.79 Å². The molecule has 1 heterocycles. The van der Waals surface area contributed by atoms with Crippen molar-refractivity contribution in [1.82, 2.24) is 4.57 Å². The largest absolute Gasteiger partial charge is 0.508 e. The third-order valence-electron chi connectivity index (χ3n) is 4.10. The molecule has 1 aromatic heterocycles. The first-order valence-electron chi connectivity index (χ1n) is 7.51. The minimum Gasteiger partial charge on any atom is -0.508 e. The lowest BCUT2D eigenvalue weighted by atomic mass is 10.0. The Balaban J connectivity index is 2.27. The summed E-state index contributed by atoms with van der Waals surface area (Å²) in [4.78, 5) is 23.4. The van der Waals surface area contributed by atoms with Crippen LogP contribution in [0.25, 0.3) is 0 Å². The lowest BCUT2D eigenvalue weighted by molar-refractivity contribution is -0.141. The summed E-state index contributed by atoms with van der Waals surface area (Å²) < 4.78 is 1.72. The number of carbonyl (C=O) groups is 2. The summed E-state index contributed by atoms with van der Waals surface area (Å²) in [5.74, 6) is -0.792. The Hall–Kier alpha value is -2.56. The Morgan fingerprint density at radius 3 is 2.26 bits per heavy atom. The highest BCUT2D eigenvalue weighted by atomic mass is 16.4. The number of nitrogens with zero attached hydrogens (tertiary/aromatic N) is 1. The fourth-order valence-corrected chi connectivity index (χ4v) is 2.94. The molecule has 23 heavy (non-hydrogen) atoms. The predicted molar refractivity (Wildman–Crippen MR) is 87.0 cm³/mol. The lowest BCUT2D eigenvalue weighted by Gasteiger charge is -2.19. The van der Waals surface area contributed by atoms with E-state index in [1.165, 1.54) is 6.92 Å². The number of carboxylic acid groups (broad SMARTS) is 1. The summed E-state index contributed by atoms with van der Waals surface area (Å²) in [6.45, 7) is 5.08. The van der Waals surface area contributed by atoms with Crippen molar-refractivity contribution in [3.8, 4) is 5.75 Å². The van der Waals surface area contributed by atoms with Crippen LogP contribution in [0.15, 0.2) is 30.3 Å². The minimum absolute atomic E-state index is 0.0629. The van der Waals surface area contributed by atoms with E-state index in [1.54, 1.807) is 41.8 Å². The van der Waals surface area contributed by atoms with Crippen LogP contribution in [0.1, 0.15) is 46.7 Å². The van der Waals surface area contributed by atoms with Gasteiger partial charge in [-0.15, -0.1) is 0 Å². The van der Waals surface area contributed by atoms with Crippen LogP contribution in [-0.4, -0.2) is 26.5 Å². The molecule has 0 aliphatic carbocycles. The van der Waals surface area contributed by atoms with E-state index in [0.29, 0.717) is 24.1 Å². The van der Waals surface area contributed by atoms with Gasteiger partial charge in [0, 0.05) is 17.0 Å². The minimum atomic E-state index is -0.916. The first kappa shape index (κ1) is 16.8. The number of hydrogen-bond acceptors (Lipinski definition) is 3. The molecule has 1 atom stereocenters. The van der Waals surface area contributed by atoms with Gasteiger partial charge in [-0.3, -0.25) is 4.79 Å². The Bertz CT molecular complexity index is 728. The highest BCUT2D eigenvalue weighted by molar-refractivity contribution is 5.95. The summed E-state index contributed by atoms with van der Waals surface area (Å²) in [5, 5.41) is 18.9. The van der Waals surface area contributed by atoms with Crippen molar-refractivity contribution in [1.29, 1.82) is 0 Å². The Morgan fingerprint density at radius 1 is 1.17 bits per heavy atom. The number of phenols is 1. The number of Topliss-reactive ketones (excluding diaryl/α,β-unsaturated/α-hetero) is 1. The van der Waals surface area contributed by atoms with Gasteiger partial charge in [0.2, 0.25) is 0 Å². The molecule has 0 bridgehead atoms. The van der Waals surface area contributed by atoms with Crippen LogP contribution < -0.4 is 0 Å². The number of aryl methyl sites for hydroxylation is 2. The van der Waals surface area contributed by atoms with E-state index >= 15 is 0 Å². The summed E-state index contributed by atoms with van der Waals surface area (Å²) in [6.07, 6.45) is 0.984. The lowest BCUT2D eigenvalue weighted by Crippen LogP contribution is -2.22. The SMILES string of the molecule is CC(=O)c1cc(C)n([C@@H](CCc2ccc(O)cc2)C(=O)O)c1C. The van der Waals surface area contributed by atoms with Crippen molar-refractivity contribution in [2.75, 3.05) is 0 Å². The standard InChI is InChI=1S/C18H21NO4/c1-11-10-16(13(3)20)12(2)19(11)17(18(22)23)9-6-14-4-7-15(21)8-5-14/h4-5,7-8,10,17,21H,6,9H2,1-3H3,(H,22,23)/t17-/m0/s1. The zero-order valence-electron chi connectivity index (χ0n) is 13.5. The topological polar surface area (TPSA) is 79.5 Å². The van der Waals surface area contributed by atoms with E-state index in [0.717, 1.165) is 11.3 Å². The molecule has 0 saturated carbocycles. The molecule has 0 aliphatic rings. The fraction of sp³-hybridized carbons (Fsp3) is 0.333. The first-order valence-corrected chi connectivity index (χ1v) is 7.51. The van der Waals surface area contributed by atoms with Crippen LogP contribution in [0, 0.1) is 13.8 Å². The van der Waals surface area contributed by atoms with Gasteiger partial charge in [0.1, 0.15) is 11.8 Å². The number of rotatable bonds is 6. The van der Waals surface area contributed by atoms with Gasteiger partial charge in [0.15, 0.2) is 5.78 Å². The maximum Gasteiger partial charge on any atom is 0.326 e. The molecule has 2 aromatic rings. The molecule has 0 aliphatic heterocycles. The smallest absolute Gasteiger partial charge is 0.326 e. The molecule has 0 spiro atoms. The van der Waals surface area contributed by atoms with Gasteiger partial charge < -0.3 is 14.8 Å². The molecule has 122 valence electrons. The zero-order valence-corrected chi connectivity index (χ0v) is 13.5. The maximum atomic E-state index is 11.7. The molecule has 0 amide bonds. The van der Waals surface area contributed by atoms with Crippen LogP contribution in [0.4, 0.5) is 0 Å². The summed E-state index contributed by atoms with van der Waals surface area (Å²) in [6, 6.07) is 7.76. The van der Waals surface area contributed by atoms with Crippen molar-refractivity contribution >= 4 is 11.8 Å². The molecule has 0 saturated heterocycles. The highest BCUT2D eigenvalue weighted by Gasteiger charge is 2.24. The number of carboxylic acids is 1. The molecular formula is C18H21NO4. The van der Waals surface area contributed by atoms with Gasteiger partial charge in [-0.1, -0.05) is 12.1 Å². The van der Waals surface area contributed by atoms with Crippen LogP contribution in [0.5, 0.6) is 5.75 Å². The van der Waals surface area contributed by atoms with Crippen LogP contribution in [0.2, 0.25) is 0 Å². The van der Waals surface area contributed by atoms with Crippen LogP contribution >= 0.6 is 0 Å². The second-order valence-electron chi connectivity index (χ2n) is 5.77. The van der Waals surface area contributed by atoms with E-state index in [2.05, 4.69) is 0 Å². The van der Waals surface area contributed by atoms with Gasteiger partial charge in [-0.2, -0.15) is 0 Å². The molecule has 0 unspecified atom stereocenters. The third-order valence-corrected chi connectivity index (χ3v) is 4.10. The number of hydrogen-bond donors (Lipinski definition) is 2. The number of aromatic nitrogens is 1. The Morgan fingerprint density at radius 2 is 1.78 bits per heavy atom. The second-order valence-corrected chi connectivity index (χ2v) is 5.77. The van der Waals surface area contributed by atoms with Crippen molar-refractivity contribution in [3.05, 3.63) is 52.8 Å². The average Bonchev–Trinajstić information content (AvgIpc) is 2.77. The Labute approximate surface area is 135 Å². The van der Waals surface area contributed by atoms with E-state index in [9.17, 15) is 19.8 Å². The molecule has 2 N–H and O–H groups in total. The molecule has 5 nitrogen and oxygen atoms in total. The Kier molecular flexibility index (Phi) is 4.89. The number of aromatic hydroxyl groups is 1. The van der Waals surface area contributed by atoms with Crippen molar-refractivity contribution in [3.63, 3.8) is 0 Å². The molecule has 0 radical (unpaired) electrons. The van der Waals surface area contributed by atoms with E-state index in [1.807, 2.05) is 6.92 Å². The van der Waals surface area contributed by atoms with Gasteiger partial charge in [0.05, 0.1) is 0 Å². The maximum absolute atomic E-state index is 11.7. The number of carbonyl (C=O) groups excluding carboxylic acids is 1. The van der Waals surface area contributed by atoms with E-state index in [-0.39, 0.29) is 11.5 Å². The van der Waals surface area contributed by atoms with Crippen molar-refractivity contribution < 1.29 is 19.8 Å². The zero-order chi connectivity index (χ0) is 17.1. The van der Waals surface area contributed by atoms with Gasteiger partial charge in [-0.05, 0) is 57.4 Å². The first-order chi connectivity index (χ1) is 10.8. The number of aliphatic carboxylic acids is 1. The number of benzene rings is 1. The van der Waals surface area contributed by atoms with Crippen LogP contribution in [0.3, 0.4) is 0 Å². The number of phenolic OH excluding ortho intramolecular Hbond substituents is 1. The summed E-state index contributed by atoms with van der Waals surface area (Å²) in [5.41, 5.74) is 2.99. The van der Waals surface area contributed by atoms with E-state index in [4.69, 9.17) is 0 Å². The fourth-order valence-electron chi connectivity index (χ4n) is 2.94. The summed E-state index contributed by atoms with van der Waals surface area (Å²) in [7, 11) is 0. The van der Waals surface area contributed by atoms with Gasteiger partial charge >= 0.3 is 5.97 Å². The van der Waals surface area contributed by atoms with E-state index < -0.39 is 12.0 Å². The molecule has 2 rings (SSSR count). The second kappa shape index (κ2) is 6.69. The summed E-state index contributed by atoms with van der Waals surface area (Å²) >= 11 is 0. The normalized spacial score (nSPS) is 12.1. The molecule has 0 fully saturated rings. The average molecular weight is 315 g/mol. The molecule has 5 heteroatoms. The van der Waals surface area contributed by atoms with Gasteiger partial charge in [0.25, 0.3) is 0 Å². The van der Waals surface area contributed by atoms with Crippen molar-refractivity contribution in [2.45, 2.75) is 39.7 Å². The highest BCUT2D eigenvalue weighted by Crippen LogP contribution is 2.25. The molecular weight excluding hydrogens is 294 g/mol. The predicted octanol–water partition coefficient (Wildman–Crippen LogP) is 3.27. The third kappa shape index (κ3) is 3.62. The monoisotopic (exact) mass is 315 g/mol.